The first kappa shape index (κ1) is 85.9. The lowest BCUT2D eigenvalue weighted by molar-refractivity contribution is -0.395. The molecule has 1 amide bonds. The van der Waals surface area contributed by atoms with Crippen LogP contribution in [0.1, 0.15) is 19.8 Å². The number of ketones is 1. The van der Waals surface area contributed by atoms with Crippen LogP contribution >= 0.6 is 23.5 Å². The molecule has 103 heavy (non-hydrogen) atoms. The molecule has 23 N–H and O–H groups in total. The minimum absolute atomic E-state index is 0.0368. The van der Waals surface area contributed by atoms with Crippen molar-refractivity contribution in [3.05, 3.63) is 0 Å². The van der Waals surface area contributed by atoms with E-state index in [-0.39, 0.29) is 56.6 Å². The molecule has 21 fully saturated rings. The lowest BCUT2D eigenvalue weighted by atomic mass is 9.95. The quantitative estimate of drug-likeness (QED) is 0.0358. The highest BCUT2D eigenvalue weighted by atomic mass is 32.2. The number of aliphatic hydroxyl groups is 19. The van der Waals surface area contributed by atoms with E-state index in [9.17, 15) is 126 Å². The van der Waals surface area contributed by atoms with E-state index in [0.717, 1.165) is 23.5 Å². The van der Waals surface area contributed by atoms with Gasteiger partial charge in [-0.15, -0.1) is 0 Å². The smallest absolute Gasteiger partial charge is 0.327 e. The van der Waals surface area contributed by atoms with Crippen LogP contribution in [0.3, 0.4) is 0 Å². The standard InChI is InChI=1S/C58H96N2O41S2/c1-18(66)3-5-86-7-8-87-6-4-28(67)60-20(51(84)85)15-103-17-27-49-35(74)42(81)58(94-27)99-47-25(13-65)90-54(38(77)31(47)70)97-45-22(10-62)91-55(39(78)32(45)71)100-48-26(16-102-14-19(59-2)50(82)83)93-57(41(80)34(48)73)98-46-24(12-64)89-53(37(76)30(46)69)95-43-21(9-61)88-52(36(75)29(43)68)96-44-23(11-63)92-56(101-49)40(79)33(44)72/h19-27,29-49,52-59,61-65,68-81H,3-17H2,1-2H3,(H,60,67)(H,82,83)(H,84,85)/t19-,20-,21?,22?,23?,24?,25?,26?,27?,29-,30-,31-,32-,33-,34?,35-,36?,37?,38?,39?,40?,41?,42?,43+,44+,45+,46+,47+,48?,49+,52+,53+,54+,55-,56+,57-,58+/m1/s1. The number of aliphatic hydroxyl groups excluding tert-OH is 19. The van der Waals surface area contributed by atoms with Crippen molar-refractivity contribution in [3.63, 3.8) is 0 Å². The number of carbonyl (C=O) groups excluding carboxylic acids is 2. The van der Waals surface area contributed by atoms with E-state index >= 15 is 0 Å². The second-order valence-corrected chi connectivity index (χ2v) is 27.6. The third-order valence-electron chi connectivity index (χ3n) is 18.3. The summed E-state index contributed by atoms with van der Waals surface area (Å²) in [6, 6.07) is -2.82. The van der Waals surface area contributed by atoms with Crippen molar-refractivity contribution in [2.24, 2.45) is 0 Å². The van der Waals surface area contributed by atoms with E-state index in [2.05, 4.69) is 10.6 Å². The van der Waals surface area contributed by atoms with E-state index in [1.54, 1.807) is 0 Å². The predicted octanol–water partition coefficient (Wildman–Crippen LogP) is -14.1. The molecule has 21 aliphatic heterocycles. The maximum atomic E-state index is 12.9. The first-order chi connectivity index (χ1) is 49.0. The summed E-state index contributed by atoms with van der Waals surface area (Å²) in [4.78, 5) is 48.5. The number of Topliss-reactive ketones (excluding diaryl/α,β-unsaturated/α-hetero) is 1. The third kappa shape index (κ3) is 20.9. The molecule has 21 heterocycles. The molecule has 0 aromatic heterocycles. The highest BCUT2D eigenvalue weighted by Gasteiger charge is 2.60. The first-order valence-electron chi connectivity index (χ1n) is 33.0. The van der Waals surface area contributed by atoms with Gasteiger partial charge in [-0.25, -0.2) is 4.79 Å². The van der Waals surface area contributed by atoms with Gasteiger partial charge in [0.15, 0.2) is 44.0 Å². The maximum Gasteiger partial charge on any atom is 0.327 e. The topological polar surface area (TPSA) is 665 Å². The number of aliphatic carboxylic acids is 2. The highest BCUT2D eigenvalue weighted by molar-refractivity contribution is 7.99. The Labute approximate surface area is 594 Å². The average Bonchev–Trinajstić information content (AvgIpc) is 0.785. The molecule has 37 atom stereocenters. The van der Waals surface area contributed by atoms with Crippen molar-refractivity contribution in [1.29, 1.82) is 0 Å². The molecule has 14 bridgehead atoms. The summed E-state index contributed by atoms with van der Waals surface area (Å²) in [6.45, 7) is -4.06. The fraction of sp³-hybridized carbons (Fsp3) is 0.931. The van der Waals surface area contributed by atoms with Crippen LogP contribution in [0.15, 0.2) is 0 Å². The van der Waals surface area contributed by atoms with Gasteiger partial charge in [0.2, 0.25) is 5.91 Å². The summed E-state index contributed by atoms with van der Waals surface area (Å²) in [7, 11) is 1.35. The van der Waals surface area contributed by atoms with E-state index in [1.807, 2.05) is 0 Å². The van der Waals surface area contributed by atoms with Gasteiger partial charge >= 0.3 is 11.9 Å². The number of nitrogens with one attached hydrogen (secondary N) is 2. The Morgan fingerprint density at radius 3 is 0.806 bits per heavy atom. The van der Waals surface area contributed by atoms with Crippen molar-refractivity contribution >= 4 is 47.2 Å². The molecular formula is C58H96N2O41S2. The van der Waals surface area contributed by atoms with Gasteiger partial charge in [0.25, 0.3) is 0 Å². The zero-order valence-electron chi connectivity index (χ0n) is 55.3. The fourth-order valence-corrected chi connectivity index (χ4v) is 14.7. The van der Waals surface area contributed by atoms with Gasteiger partial charge in [-0.2, -0.15) is 23.5 Å². The summed E-state index contributed by atoms with van der Waals surface area (Å²) in [6.07, 6.45) is -72.9. The second kappa shape index (κ2) is 39.8. The highest BCUT2D eigenvalue weighted by Crippen LogP contribution is 2.40. The Hall–Kier alpha value is -2.66. The molecule has 596 valence electrons. The molecular weight excluding hydrogens is 1440 g/mol. The van der Waals surface area contributed by atoms with Crippen LogP contribution in [0.4, 0.5) is 0 Å². The van der Waals surface area contributed by atoms with Gasteiger partial charge in [0.1, 0.15) is 177 Å². The van der Waals surface area contributed by atoms with Crippen molar-refractivity contribution in [2.45, 2.75) is 247 Å². The Kier molecular flexibility index (Phi) is 33.2. The molecule has 0 aromatic carbocycles. The Morgan fingerprint density at radius 1 is 0.340 bits per heavy atom. The molecule has 16 unspecified atom stereocenters. The molecule has 21 aliphatic rings. The fourth-order valence-electron chi connectivity index (χ4n) is 12.4. The average molecular weight is 1540 g/mol. The summed E-state index contributed by atoms with van der Waals surface area (Å²) >= 11 is 1.60. The largest absolute Gasteiger partial charge is 0.480 e. The van der Waals surface area contributed by atoms with E-state index < -0.39 is 289 Å². The van der Waals surface area contributed by atoms with E-state index in [1.165, 1.54) is 14.0 Å². The Morgan fingerprint density at radius 2 is 0.573 bits per heavy atom. The molecule has 0 aliphatic carbocycles. The van der Waals surface area contributed by atoms with Gasteiger partial charge in [-0.1, -0.05) is 0 Å². The molecule has 21 saturated heterocycles. The summed E-state index contributed by atoms with van der Waals surface area (Å²) in [5.74, 6) is -5.22. The van der Waals surface area contributed by atoms with Crippen LogP contribution in [0, 0.1) is 0 Å². The Bertz CT molecular complexity index is 2620. The number of carbonyl (C=O) groups is 4. The molecule has 0 saturated carbocycles. The first-order valence-corrected chi connectivity index (χ1v) is 35.3. The third-order valence-corrected chi connectivity index (χ3v) is 20.5. The normalized spacial score (nSPS) is 44.8. The summed E-state index contributed by atoms with van der Waals surface area (Å²) in [5, 5.41) is 242. The van der Waals surface area contributed by atoms with Crippen molar-refractivity contribution in [2.75, 3.05) is 89.5 Å². The van der Waals surface area contributed by atoms with Crippen LogP contribution in [0.5, 0.6) is 0 Å². The SMILES string of the molecule is CN[C@H](CSCC1O[C@@H]2O[C@H]3C(CO)O[C@@H](O[C@H]4C(CO)O[C@@H](O[C@H]5C(CO)O[C@@H](O[C@H]6C(CSC[C@@H](NC(=O)CCOCCOCCC(C)=O)C(=O)O)O[C@@H](O[C@H]7C(CO)O[C@@H](O[C@H]8C(CO)O[C@H](OC1C(O)C2O)C(O)[C@H]8O)C(O)[C@H]7O)C(O)[C@H]6O)C(O)[C@H]5O)C(O)[C@H]4O)C(O)[C@H]3O)C(=O)O. The zero-order valence-corrected chi connectivity index (χ0v) is 57.0. The van der Waals surface area contributed by atoms with Crippen molar-refractivity contribution in [1.82, 2.24) is 10.6 Å². The van der Waals surface area contributed by atoms with Gasteiger partial charge in [0.05, 0.1) is 71.7 Å². The number of hydrogen-bond acceptors (Lipinski definition) is 42. The molecule has 45 heteroatoms. The summed E-state index contributed by atoms with van der Waals surface area (Å²) in [5.41, 5.74) is 0. The summed E-state index contributed by atoms with van der Waals surface area (Å²) < 4.78 is 93.1. The van der Waals surface area contributed by atoms with Gasteiger partial charge in [0, 0.05) is 35.9 Å². The van der Waals surface area contributed by atoms with Crippen LogP contribution < -0.4 is 10.6 Å². The molecule has 0 spiro atoms. The maximum absolute atomic E-state index is 12.9. The molecule has 21 rings (SSSR count). The van der Waals surface area contributed by atoms with Crippen LogP contribution in [-0.4, -0.2) is 447 Å². The Balaban J connectivity index is 1.08. The minimum atomic E-state index is -2.32. The number of ether oxygens (including phenoxy) is 16. The van der Waals surface area contributed by atoms with Crippen LogP contribution in [-0.2, 0) is 95.0 Å². The van der Waals surface area contributed by atoms with Gasteiger partial charge < -0.3 is 194 Å². The predicted molar refractivity (Wildman–Crippen MR) is 331 cm³/mol. The number of carboxylic acids is 2. The minimum Gasteiger partial charge on any atom is -0.480 e. The number of hydrogen-bond donors (Lipinski definition) is 23. The number of thioether (sulfide) groups is 2. The van der Waals surface area contributed by atoms with Crippen molar-refractivity contribution < 1.29 is 202 Å². The lowest BCUT2D eigenvalue weighted by Gasteiger charge is -2.50. The van der Waals surface area contributed by atoms with Crippen molar-refractivity contribution in [3.8, 4) is 0 Å². The lowest BCUT2D eigenvalue weighted by Crippen LogP contribution is -2.68. The molecule has 43 nitrogen and oxygen atoms in total. The number of carboxylic acid groups (broad SMARTS) is 2. The van der Waals surface area contributed by atoms with Crippen LogP contribution in [0.2, 0.25) is 0 Å². The van der Waals surface area contributed by atoms with Crippen LogP contribution in [0.25, 0.3) is 0 Å². The number of likely N-dealkylation sites (N-methyl/N-ethyl adjacent to an activating group) is 1. The molecule has 0 radical (unpaired) electrons. The second-order valence-electron chi connectivity index (χ2n) is 25.4. The zero-order chi connectivity index (χ0) is 75.4. The van der Waals surface area contributed by atoms with E-state index in [4.69, 9.17) is 75.8 Å². The number of rotatable bonds is 26. The monoisotopic (exact) mass is 1540 g/mol. The number of amides is 1. The van der Waals surface area contributed by atoms with Gasteiger partial charge in [-0.3, -0.25) is 14.4 Å². The molecule has 0 aromatic rings. The van der Waals surface area contributed by atoms with E-state index in [0.29, 0.717) is 0 Å². The van der Waals surface area contributed by atoms with Gasteiger partial charge in [-0.05, 0) is 14.0 Å².